The fourth-order valence-corrected chi connectivity index (χ4v) is 1.82. The molecule has 0 saturated heterocycles. The van der Waals surface area contributed by atoms with Gasteiger partial charge in [-0.3, -0.25) is 4.98 Å². The Hall–Kier alpha value is -1.62. The maximum Gasteiger partial charge on any atom is 0.149 e. The topological polar surface area (TPSA) is 63.8 Å². The van der Waals surface area contributed by atoms with E-state index in [0.29, 0.717) is 18.1 Å². The van der Waals surface area contributed by atoms with Crippen molar-refractivity contribution in [3.8, 4) is 0 Å². The molecule has 2 rings (SSSR count). The molecule has 2 aromatic rings. The first-order chi connectivity index (χ1) is 8.15. The van der Waals surface area contributed by atoms with Crippen molar-refractivity contribution >= 4 is 27.4 Å². The highest BCUT2D eigenvalue weighted by molar-refractivity contribution is 9.10. The number of nitrogens with zero attached hydrogens (tertiary/aromatic N) is 2. The van der Waals surface area contributed by atoms with Gasteiger partial charge in [-0.05, 0) is 41.1 Å². The molecule has 2 heterocycles. The molecule has 0 unspecified atom stereocenters. The van der Waals surface area contributed by atoms with E-state index in [1.165, 1.54) is 0 Å². The Morgan fingerprint density at radius 3 is 2.94 bits per heavy atom. The SMILES string of the molecule is Cc1cccc(CNc2ncc(Br)cc2N)n1. The van der Waals surface area contributed by atoms with Gasteiger partial charge in [-0.2, -0.15) is 0 Å². The minimum absolute atomic E-state index is 0.612. The van der Waals surface area contributed by atoms with Crippen molar-refractivity contribution in [3.63, 3.8) is 0 Å². The summed E-state index contributed by atoms with van der Waals surface area (Å²) >= 11 is 3.32. The summed E-state index contributed by atoms with van der Waals surface area (Å²) in [4.78, 5) is 8.60. The summed E-state index contributed by atoms with van der Waals surface area (Å²) in [6.45, 7) is 2.58. The molecule has 0 atom stereocenters. The van der Waals surface area contributed by atoms with E-state index in [2.05, 4.69) is 31.2 Å². The predicted octanol–water partition coefficient (Wildman–Crippen LogP) is 2.74. The number of hydrogen-bond acceptors (Lipinski definition) is 4. The Labute approximate surface area is 108 Å². The average Bonchev–Trinajstić information content (AvgIpc) is 2.28. The second-order valence-corrected chi connectivity index (χ2v) is 4.63. The van der Waals surface area contributed by atoms with Crippen molar-refractivity contribution in [2.45, 2.75) is 13.5 Å². The van der Waals surface area contributed by atoms with E-state index in [1.807, 2.05) is 31.2 Å². The predicted molar refractivity (Wildman–Crippen MR) is 72.7 cm³/mol. The van der Waals surface area contributed by atoms with Crippen LogP contribution in [0.15, 0.2) is 34.9 Å². The van der Waals surface area contributed by atoms with Crippen LogP contribution >= 0.6 is 15.9 Å². The minimum Gasteiger partial charge on any atom is -0.396 e. The smallest absolute Gasteiger partial charge is 0.149 e. The third kappa shape index (κ3) is 3.17. The molecule has 0 radical (unpaired) electrons. The second kappa shape index (κ2) is 5.14. The number of pyridine rings is 2. The van der Waals surface area contributed by atoms with Crippen LogP contribution in [0.2, 0.25) is 0 Å². The quantitative estimate of drug-likeness (QED) is 0.913. The molecule has 2 aromatic heterocycles. The molecule has 0 spiro atoms. The van der Waals surface area contributed by atoms with Crippen LogP contribution in [0.3, 0.4) is 0 Å². The molecule has 0 amide bonds. The molecular weight excluding hydrogens is 280 g/mol. The van der Waals surface area contributed by atoms with Gasteiger partial charge in [0.15, 0.2) is 0 Å². The van der Waals surface area contributed by atoms with Gasteiger partial charge in [0.25, 0.3) is 0 Å². The highest BCUT2D eigenvalue weighted by Crippen LogP contribution is 2.20. The third-order valence-electron chi connectivity index (χ3n) is 2.27. The van der Waals surface area contributed by atoms with E-state index in [1.54, 1.807) is 6.20 Å². The van der Waals surface area contributed by atoms with Gasteiger partial charge in [0, 0.05) is 16.4 Å². The van der Waals surface area contributed by atoms with Gasteiger partial charge in [-0.25, -0.2) is 4.98 Å². The molecular formula is C12H13BrN4. The number of nitrogen functional groups attached to an aromatic ring is 1. The molecule has 0 aliphatic carbocycles. The van der Waals surface area contributed by atoms with Crippen molar-refractivity contribution in [1.29, 1.82) is 0 Å². The lowest BCUT2D eigenvalue weighted by Crippen LogP contribution is -2.06. The number of halogens is 1. The maximum absolute atomic E-state index is 5.84. The monoisotopic (exact) mass is 292 g/mol. The lowest BCUT2D eigenvalue weighted by Gasteiger charge is -2.08. The summed E-state index contributed by atoms with van der Waals surface area (Å²) in [6, 6.07) is 7.74. The molecule has 0 bridgehead atoms. The first-order valence-corrected chi connectivity index (χ1v) is 6.02. The van der Waals surface area contributed by atoms with E-state index in [-0.39, 0.29) is 0 Å². The molecule has 0 aliphatic rings. The normalized spacial score (nSPS) is 10.2. The highest BCUT2D eigenvalue weighted by atomic mass is 79.9. The number of rotatable bonds is 3. The summed E-state index contributed by atoms with van der Waals surface area (Å²) in [5, 5.41) is 3.16. The molecule has 0 fully saturated rings. The van der Waals surface area contributed by atoms with Gasteiger partial charge < -0.3 is 11.1 Å². The Kier molecular flexibility index (Phi) is 3.58. The molecule has 88 valence electrons. The Morgan fingerprint density at radius 1 is 1.41 bits per heavy atom. The number of nitrogens with two attached hydrogens (primary N) is 1. The first kappa shape index (κ1) is 11.9. The van der Waals surface area contributed by atoms with Crippen LogP contribution in [0.1, 0.15) is 11.4 Å². The van der Waals surface area contributed by atoms with Gasteiger partial charge in [0.05, 0.1) is 17.9 Å². The van der Waals surface area contributed by atoms with Crippen LogP contribution in [0, 0.1) is 6.92 Å². The first-order valence-electron chi connectivity index (χ1n) is 5.22. The van der Waals surface area contributed by atoms with Crippen LogP contribution in [0.4, 0.5) is 11.5 Å². The van der Waals surface area contributed by atoms with Crippen LogP contribution in [-0.2, 0) is 6.54 Å². The Bertz CT molecular complexity index is 528. The van der Waals surface area contributed by atoms with Crippen molar-refractivity contribution in [2.24, 2.45) is 0 Å². The van der Waals surface area contributed by atoms with E-state index < -0.39 is 0 Å². The van der Waals surface area contributed by atoms with Crippen LogP contribution in [0.25, 0.3) is 0 Å². The standard InChI is InChI=1S/C12H13BrN4/c1-8-3-2-4-10(17-8)7-16-12-11(14)5-9(13)6-15-12/h2-6H,7,14H2,1H3,(H,15,16). The van der Waals surface area contributed by atoms with Gasteiger partial charge in [0.1, 0.15) is 5.82 Å². The lowest BCUT2D eigenvalue weighted by atomic mass is 10.3. The zero-order valence-corrected chi connectivity index (χ0v) is 11.0. The summed E-state index contributed by atoms with van der Waals surface area (Å²) in [6.07, 6.45) is 1.71. The largest absolute Gasteiger partial charge is 0.396 e. The van der Waals surface area contributed by atoms with Crippen molar-refractivity contribution in [2.75, 3.05) is 11.1 Å². The van der Waals surface area contributed by atoms with E-state index in [4.69, 9.17) is 5.73 Å². The number of nitrogens with one attached hydrogen (secondary N) is 1. The molecule has 4 nitrogen and oxygen atoms in total. The van der Waals surface area contributed by atoms with Crippen LogP contribution in [0.5, 0.6) is 0 Å². The summed E-state index contributed by atoms with van der Waals surface area (Å²) in [5.74, 6) is 0.677. The summed E-state index contributed by atoms with van der Waals surface area (Å²) < 4.78 is 0.870. The van der Waals surface area contributed by atoms with Gasteiger partial charge in [0.2, 0.25) is 0 Å². The summed E-state index contributed by atoms with van der Waals surface area (Å²) in [7, 11) is 0. The molecule has 0 aromatic carbocycles. The van der Waals surface area contributed by atoms with Crippen LogP contribution < -0.4 is 11.1 Å². The van der Waals surface area contributed by atoms with Crippen molar-refractivity contribution in [3.05, 3.63) is 46.3 Å². The number of aromatic nitrogens is 2. The lowest BCUT2D eigenvalue weighted by molar-refractivity contribution is 1.00. The second-order valence-electron chi connectivity index (χ2n) is 3.72. The zero-order valence-electron chi connectivity index (χ0n) is 9.44. The zero-order chi connectivity index (χ0) is 12.3. The van der Waals surface area contributed by atoms with E-state index in [9.17, 15) is 0 Å². The van der Waals surface area contributed by atoms with Crippen LogP contribution in [-0.4, -0.2) is 9.97 Å². The summed E-state index contributed by atoms with van der Waals surface area (Å²) in [5.41, 5.74) is 8.43. The van der Waals surface area contributed by atoms with Gasteiger partial charge >= 0.3 is 0 Å². The van der Waals surface area contributed by atoms with Crippen molar-refractivity contribution in [1.82, 2.24) is 9.97 Å². The fraction of sp³-hybridized carbons (Fsp3) is 0.167. The molecule has 0 saturated carbocycles. The molecule has 5 heteroatoms. The number of aryl methyl sites for hydroxylation is 1. The Morgan fingerprint density at radius 2 is 2.24 bits per heavy atom. The highest BCUT2D eigenvalue weighted by Gasteiger charge is 2.01. The third-order valence-corrected chi connectivity index (χ3v) is 2.70. The van der Waals surface area contributed by atoms with Gasteiger partial charge in [-0.1, -0.05) is 6.07 Å². The number of anilines is 2. The number of hydrogen-bond donors (Lipinski definition) is 2. The molecule has 3 N–H and O–H groups in total. The fourth-order valence-electron chi connectivity index (χ4n) is 1.47. The van der Waals surface area contributed by atoms with E-state index in [0.717, 1.165) is 15.9 Å². The molecule has 0 aliphatic heterocycles. The minimum atomic E-state index is 0.612. The Balaban J connectivity index is 2.07. The van der Waals surface area contributed by atoms with Crippen molar-refractivity contribution < 1.29 is 0 Å². The van der Waals surface area contributed by atoms with Gasteiger partial charge in [-0.15, -0.1) is 0 Å². The van der Waals surface area contributed by atoms with E-state index >= 15 is 0 Å². The molecule has 17 heavy (non-hydrogen) atoms. The maximum atomic E-state index is 5.84. The average molecular weight is 293 g/mol.